The molecule has 1 atom stereocenters. The molecule has 0 saturated carbocycles. The zero-order valence-electron chi connectivity index (χ0n) is 18.9. The molecule has 4 rings (SSSR count). The molecular formula is C25H31N7. The number of nitrogens with zero attached hydrogens (tertiary/aromatic N) is 4. The van der Waals surface area contributed by atoms with Crippen LogP contribution in [0, 0.1) is 18.3 Å². The van der Waals surface area contributed by atoms with Gasteiger partial charge in [-0.3, -0.25) is 0 Å². The Labute approximate surface area is 189 Å². The van der Waals surface area contributed by atoms with Crippen LogP contribution in [-0.2, 0) is 13.0 Å². The van der Waals surface area contributed by atoms with Crippen molar-refractivity contribution in [3.63, 3.8) is 0 Å². The third-order valence-corrected chi connectivity index (χ3v) is 5.87. The summed E-state index contributed by atoms with van der Waals surface area (Å²) in [6, 6.07) is 14.7. The van der Waals surface area contributed by atoms with E-state index in [1.54, 1.807) is 0 Å². The van der Waals surface area contributed by atoms with Crippen molar-refractivity contribution in [1.29, 1.82) is 5.26 Å². The zero-order chi connectivity index (χ0) is 22.3. The van der Waals surface area contributed by atoms with E-state index in [1.165, 1.54) is 5.69 Å². The maximum Gasteiger partial charge on any atom is 0.229 e. The first-order chi connectivity index (χ1) is 15.6. The first kappa shape index (κ1) is 21.8. The number of hydrogen-bond donors (Lipinski definition) is 3. The molecule has 1 fully saturated rings. The Bertz CT molecular complexity index is 1070. The lowest BCUT2D eigenvalue weighted by Gasteiger charge is -2.34. The lowest BCUT2D eigenvalue weighted by molar-refractivity contribution is 0.418. The molecule has 1 aliphatic rings. The van der Waals surface area contributed by atoms with E-state index in [0.29, 0.717) is 17.6 Å². The van der Waals surface area contributed by atoms with Crippen molar-refractivity contribution in [2.45, 2.75) is 52.1 Å². The van der Waals surface area contributed by atoms with Gasteiger partial charge in [0.15, 0.2) is 0 Å². The standard InChI is InChI=1S/C25H31N7/c1-3-6-20-14-24(31-25(29-20)30-21-10-9-18(2)19(13-21)15-26)32-12-5-8-23(17-32)28-16-22-7-4-11-27-22/h4,7,9-11,13-14,23,27-28H,3,5-6,8,12,16-17H2,1-2H3,(H,29,30,31). The first-order valence-electron chi connectivity index (χ1n) is 11.4. The van der Waals surface area contributed by atoms with Crippen LogP contribution in [0.4, 0.5) is 17.5 Å². The maximum absolute atomic E-state index is 9.34. The summed E-state index contributed by atoms with van der Waals surface area (Å²) in [6.45, 7) is 6.86. The third-order valence-electron chi connectivity index (χ3n) is 5.87. The molecule has 3 aromatic rings. The normalized spacial score (nSPS) is 16.0. The van der Waals surface area contributed by atoms with Gasteiger partial charge < -0.3 is 20.5 Å². The van der Waals surface area contributed by atoms with Crippen molar-refractivity contribution >= 4 is 17.5 Å². The monoisotopic (exact) mass is 429 g/mol. The maximum atomic E-state index is 9.34. The quantitative estimate of drug-likeness (QED) is 0.490. The largest absolute Gasteiger partial charge is 0.364 e. The van der Waals surface area contributed by atoms with Crippen molar-refractivity contribution in [2.24, 2.45) is 0 Å². The molecule has 166 valence electrons. The van der Waals surface area contributed by atoms with Gasteiger partial charge in [0.05, 0.1) is 11.6 Å². The molecule has 1 aliphatic heterocycles. The van der Waals surface area contributed by atoms with Crippen LogP contribution in [0.2, 0.25) is 0 Å². The van der Waals surface area contributed by atoms with Crippen molar-refractivity contribution in [3.8, 4) is 6.07 Å². The number of hydrogen-bond acceptors (Lipinski definition) is 6. The van der Waals surface area contributed by atoms with Crippen molar-refractivity contribution in [2.75, 3.05) is 23.3 Å². The highest BCUT2D eigenvalue weighted by Gasteiger charge is 2.22. The first-order valence-corrected chi connectivity index (χ1v) is 11.4. The van der Waals surface area contributed by atoms with E-state index in [2.05, 4.69) is 45.6 Å². The molecule has 0 bridgehead atoms. The van der Waals surface area contributed by atoms with Gasteiger partial charge in [-0.2, -0.15) is 10.2 Å². The van der Waals surface area contributed by atoms with Crippen molar-refractivity contribution < 1.29 is 0 Å². The molecule has 1 unspecified atom stereocenters. The van der Waals surface area contributed by atoms with Gasteiger partial charge in [0.25, 0.3) is 0 Å². The molecule has 2 aromatic heterocycles. The minimum Gasteiger partial charge on any atom is -0.364 e. The Kier molecular flexibility index (Phi) is 7.03. The van der Waals surface area contributed by atoms with Crippen molar-refractivity contribution in [1.82, 2.24) is 20.3 Å². The second-order valence-corrected chi connectivity index (χ2v) is 8.42. The van der Waals surface area contributed by atoms with Crippen LogP contribution in [0.25, 0.3) is 0 Å². The van der Waals surface area contributed by atoms with Crippen LogP contribution < -0.4 is 15.5 Å². The Balaban J connectivity index is 1.51. The van der Waals surface area contributed by atoms with E-state index >= 15 is 0 Å². The smallest absolute Gasteiger partial charge is 0.229 e. The van der Waals surface area contributed by atoms with Gasteiger partial charge in [-0.25, -0.2) is 4.98 Å². The van der Waals surface area contributed by atoms with E-state index in [4.69, 9.17) is 9.97 Å². The molecule has 0 aliphatic carbocycles. The summed E-state index contributed by atoms with van der Waals surface area (Å²) in [5.74, 6) is 1.55. The number of aromatic nitrogens is 3. The van der Waals surface area contributed by atoms with Gasteiger partial charge >= 0.3 is 0 Å². The third kappa shape index (κ3) is 5.45. The predicted octanol–water partition coefficient (Wildman–Crippen LogP) is 4.44. The SMILES string of the molecule is CCCc1cc(N2CCCC(NCc3ccc[nH]3)C2)nc(Nc2ccc(C)c(C#N)c2)n1. The lowest BCUT2D eigenvalue weighted by atomic mass is 10.1. The number of nitriles is 1. The van der Waals surface area contributed by atoms with Gasteiger partial charge in [-0.05, 0) is 56.0 Å². The van der Waals surface area contributed by atoms with Crippen LogP contribution in [0.5, 0.6) is 0 Å². The topological polar surface area (TPSA) is 92.7 Å². The number of rotatable bonds is 8. The summed E-state index contributed by atoms with van der Waals surface area (Å²) < 4.78 is 0. The van der Waals surface area contributed by atoms with Gasteiger partial charge in [0, 0.05) is 55.0 Å². The summed E-state index contributed by atoms with van der Waals surface area (Å²) in [6.07, 6.45) is 6.18. The predicted molar refractivity (Wildman–Crippen MR) is 128 cm³/mol. The number of piperidine rings is 1. The van der Waals surface area contributed by atoms with E-state index in [1.807, 2.05) is 37.4 Å². The zero-order valence-corrected chi connectivity index (χ0v) is 18.9. The molecule has 3 heterocycles. The summed E-state index contributed by atoms with van der Waals surface area (Å²) in [4.78, 5) is 15.2. The number of aryl methyl sites for hydroxylation is 2. The average Bonchev–Trinajstić information content (AvgIpc) is 3.33. The van der Waals surface area contributed by atoms with E-state index in [9.17, 15) is 5.26 Å². The van der Waals surface area contributed by atoms with Crippen LogP contribution in [0.3, 0.4) is 0 Å². The molecule has 0 spiro atoms. The van der Waals surface area contributed by atoms with Crippen LogP contribution in [0.1, 0.15) is 48.7 Å². The molecule has 0 radical (unpaired) electrons. The molecule has 3 N–H and O–H groups in total. The van der Waals surface area contributed by atoms with Gasteiger partial charge in [0.2, 0.25) is 5.95 Å². The minimum atomic E-state index is 0.420. The van der Waals surface area contributed by atoms with Crippen molar-refractivity contribution in [3.05, 3.63) is 65.1 Å². The minimum absolute atomic E-state index is 0.420. The number of H-pyrrole nitrogens is 1. The highest BCUT2D eigenvalue weighted by Crippen LogP contribution is 2.24. The Morgan fingerprint density at radius 1 is 1.25 bits per heavy atom. The Morgan fingerprint density at radius 3 is 2.94 bits per heavy atom. The summed E-state index contributed by atoms with van der Waals surface area (Å²) in [5, 5.41) is 16.3. The average molecular weight is 430 g/mol. The number of benzene rings is 1. The van der Waals surface area contributed by atoms with Crippen LogP contribution in [0.15, 0.2) is 42.6 Å². The van der Waals surface area contributed by atoms with Gasteiger partial charge in [-0.15, -0.1) is 0 Å². The van der Waals surface area contributed by atoms with Crippen LogP contribution >= 0.6 is 0 Å². The number of aromatic amines is 1. The lowest BCUT2D eigenvalue weighted by Crippen LogP contribution is -2.46. The summed E-state index contributed by atoms with van der Waals surface area (Å²) in [5.41, 5.74) is 4.69. The number of nitrogens with one attached hydrogen (secondary N) is 3. The summed E-state index contributed by atoms with van der Waals surface area (Å²) >= 11 is 0. The highest BCUT2D eigenvalue weighted by molar-refractivity contribution is 5.59. The summed E-state index contributed by atoms with van der Waals surface area (Å²) in [7, 11) is 0. The molecule has 1 aromatic carbocycles. The molecule has 1 saturated heterocycles. The second-order valence-electron chi connectivity index (χ2n) is 8.42. The molecular weight excluding hydrogens is 398 g/mol. The Morgan fingerprint density at radius 2 is 2.16 bits per heavy atom. The highest BCUT2D eigenvalue weighted by atomic mass is 15.2. The molecule has 0 amide bonds. The van der Waals surface area contributed by atoms with E-state index in [-0.39, 0.29) is 0 Å². The van der Waals surface area contributed by atoms with Crippen LogP contribution in [-0.4, -0.2) is 34.1 Å². The fraction of sp³-hybridized carbons (Fsp3) is 0.400. The fourth-order valence-electron chi connectivity index (χ4n) is 4.12. The van der Waals surface area contributed by atoms with Gasteiger partial charge in [-0.1, -0.05) is 19.4 Å². The van der Waals surface area contributed by atoms with Gasteiger partial charge in [0.1, 0.15) is 5.82 Å². The molecule has 32 heavy (non-hydrogen) atoms. The number of anilines is 3. The Hall–Kier alpha value is -3.37. The van der Waals surface area contributed by atoms with E-state index in [0.717, 1.165) is 68.1 Å². The molecule has 7 heteroatoms. The fourth-order valence-corrected chi connectivity index (χ4v) is 4.12. The molecule has 7 nitrogen and oxygen atoms in total. The van der Waals surface area contributed by atoms with E-state index < -0.39 is 0 Å². The second kappa shape index (κ2) is 10.3.